The first-order valence-corrected chi connectivity index (χ1v) is 7.07. The van der Waals surface area contributed by atoms with Crippen LogP contribution in [0.25, 0.3) is 5.69 Å². The fourth-order valence-electron chi connectivity index (χ4n) is 2.04. The predicted octanol–water partition coefficient (Wildman–Crippen LogP) is 2.38. The topological polar surface area (TPSA) is 71.4 Å². The number of aromatic nitrogens is 5. The van der Waals surface area contributed by atoms with Gasteiger partial charge in [-0.05, 0) is 25.1 Å². The van der Waals surface area contributed by atoms with Crippen molar-refractivity contribution in [1.82, 2.24) is 30.5 Å². The van der Waals surface area contributed by atoms with Crippen molar-refractivity contribution in [3.8, 4) is 5.69 Å². The number of nitrogens with zero attached hydrogens (tertiary/aromatic N) is 4. The van der Waals surface area contributed by atoms with Gasteiger partial charge in [0, 0.05) is 24.3 Å². The van der Waals surface area contributed by atoms with Gasteiger partial charge in [-0.15, -0.1) is 5.10 Å². The van der Waals surface area contributed by atoms with Gasteiger partial charge in [-0.2, -0.15) is 5.10 Å². The third-order valence-corrected chi connectivity index (χ3v) is 3.56. The van der Waals surface area contributed by atoms with Crippen LogP contribution in [0.5, 0.6) is 0 Å². The predicted molar refractivity (Wildman–Crippen MR) is 80.2 cm³/mol. The maximum Gasteiger partial charge on any atom is 0.124 e. The summed E-state index contributed by atoms with van der Waals surface area (Å²) in [5, 5.41) is 18.5. The maximum absolute atomic E-state index is 13.1. The summed E-state index contributed by atoms with van der Waals surface area (Å²) in [7, 11) is 0. The standard InChI is InChI=1S/C14H14ClFN6/c1-9-10(6-18-19-9)5-17-7-12-8-22(21-20-12)14-3-2-11(16)4-13(14)15/h2-4,6,8,17H,5,7H2,1H3,(H,18,19). The molecular weight excluding hydrogens is 307 g/mol. The number of hydrogen-bond donors (Lipinski definition) is 2. The van der Waals surface area contributed by atoms with Crippen LogP contribution in [0.4, 0.5) is 4.39 Å². The van der Waals surface area contributed by atoms with Gasteiger partial charge in [0.25, 0.3) is 0 Å². The van der Waals surface area contributed by atoms with Crippen LogP contribution in [0, 0.1) is 12.7 Å². The molecule has 8 heteroatoms. The molecule has 0 saturated heterocycles. The van der Waals surface area contributed by atoms with Crippen LogP contribution in [0.1, 0.15) is 17.0 Å². The molecule has 0 aliphatic carbocycles. The monoisotopic (exact) mass is 320 g/mol. The van der Waals surface area contributed by atoms with Gasteiger partial charge in [0.1, 0.15) is 5.82 Å². The number of halogens is 2. The molecule has 0 fully saturated rings. The molecule has 2 heterocycles. The van der Waals surface area contributed by atoms with Crippen molar-refractivity contribution in [2.24, 2.45) is 0 Å². The van der Waals surface area contributed by atoms with E-state index in [4.69, 9.17) is 11.6 Å². The molecule has 0 radical (unpaired) electrons. The highest BCUT2D eigenvalue weighted by Gasteiger charge is 2.08. The summed E-state index contributed by atoms with van der Waals surface area (Å²) in [6.45, 7) is 3.22. The highest BCUT2D eigenvalue weighted by molar-refractivity contribution is 6.32. The van der Waals surface area contributed by atoms with E-state index in [2.05, 4.69) is 25.8 Å². The van der Waals surface area contributed by atoms with Crippen LogP contribution < -0.4 is 5.32 Å². The SMILES string of the molecule is Cc1[nH]ncc1CNCc1cn(-c2ccc(F)cc2Cl)nn1. The Labute approximate surface area is 131 Å². The molecule has 0 unspecified atom stereocenters. The van der Waals surface area contributed by atoms with Gasteiger partial charge in [0.2, 0.25) is 0 Å². The van der Waals surface area contributed by atoms with Gasteiger partial charge in [-0.3, -0.25) is 5.10 Å². The first-order valence-electron chi connectivity index (χ1n) is 6.69. The first-order chi connectivity index (χ1) is 10.6. The van der Waals surface area contributed by atoms with Gasteiger partial charge in [-0.1, -0.05) is 16.8 Å². The Bertz CT molecular complexity index is 781. The summed E-state index contributed by atoms with van der Waals surface area (Å²) < 4.78 is 14.6. The molecule has 0 aliphatic rings. The molecule has 0 saturated carbocycles. The summed E-state index contributed by atoms with van der Waals surface area (Å²) in [5.74, 6) is -0.383. The minimum atomic E-state index is -0.383. The number of benzene rings is 1. The van der Waals surface area contributed by atoms with Crippen LogP contribution in [0.2, 0.25) is 5.02 Å². The molecule has 22 heavy (non-hydrogen) atoms. The van der Waals surface area contributed by atoms with Crippen LogP contribution in [-0.2, 0) is 13.1 Å². The van der Waals surface area contributed by atoms with Gasteiger partial charge in [-0.25, -0.2) is 9.07 Å². The Morgan fingerprint density at radius 2 is 2.23 bits per heavy atom. The van der Waals surface area contributed by atoms with Gasteiger partial charge < -0.3 is 5.32 Å². The number of hydrogen-bond acceptors (Lipinski definition) is 4. The zero-order chi connectivity index (χ0) is 15.5. The summed E-state index contributed by atoms with van der Waals surface area (Å²) in [6, 6.07) is 4.15. The summed E-state index contributed by atoms with van der Waals surface area (Å²) >= 11 is 6.01. The largest absolute Gasteiger partial charge is 0.307 e. The summed E-state index contributed by atoms with van der Waals surface area (Å²) in [4.78, 5) is 0. The Balaban J connectivity index is 1.65. The molecule has 114 valence electrons. The molecule has 6 nitrogen and oxygen atoms in total. The smallest absolute Gasteiger partial charge is 0.124 e. The van der Waals surface area contributed by atoms with Gasteiger partial charge in [0.05, 0.1) is 28.8 Å². The van der Waals surface area contributed by atoms with E-state index in [1.807, 2.05) is 6.92 Å². The number of rotatable bonds is 5. The van der Waals surface area contributed by atoms with Gasteiger partial charge in [0.15, 0.2) is 0 Å². The number of aryl methyl sites for hydroxylation is 1. The van der Waals surface area contributed by atoms with E-state index >= 15 is 0 Å². The third-order valence-electron chi connectivity index (χ3n) is 3.25. The van der Waals surface area contributed by atoms with Crippen LogP contribution in [0.15, 0.2) is 30.6 Å². The van der Waals surface area contributed by atoms with Crippen LogP contribution in [0.3, 0.4) is 0 Å². The quantitative estimate of drug-likeness (QED) is 0.757. The summed E-state index contributed by atoms with van der Waals surface area (Å²) in [5.41, 5.74) is 3.50. The van der Waals surface area contributed by atoms with Crippen molar-refractivity contribution in [3.63, 3.8) is 0 Å². The van der Waals surface area contributed by atoms with Crippen LogP contribution in [-0.4, -0.2) is 25.2 Å². The highest BCUT2D eigenvalue weighted by Crippen LogP contribution is 2.20. The Morgan fingerprint density at radius 3 is 2.95 bits per heavy atom. The number of aromatic amines is 1. The van der Waals surface area contributed by atoms with Crippen LogP contribution >= 0.6 is 11.6 Å². The minimum absolute atomic E-state index is 0.290. The Morgan fingerprint density at radius 1 is 1.36 bits per heavy atom. The lowest BCUT2D eigenvalue weighted by Crippen LogP contribution is -2.13. The molecule has 2 N–H and O–H groups in total. The van der Waals surface area contributed by atoms with E-state index in [9.17, 15) is 4.39 Å². The molecule has 3 aromatic rings. The molecular formula is C14H14ClFN6. The zero-order valence-corrected chi connectivity index (χ0v) is 12.6. The summed E-state index contributed by atoms with van der Waals surface area (Å²) in [6.07, 6.45) is 3.55. The second-order valence-corrected chi connectivity index (χ2v) is 5.28. The maximum atomic E-state index is 13.1. The van der Waals surface area contributed by atoms with E-state index < -0.39 is 0 Å². The fourth-order valence-corrected chi connectivity index (χ4v) is 2.30. The van der Waals surface area contributed by atoms with Crippen molar-refractivity contribution in [3.05, 3.63) is 58.4 Å². The normalized spacial score (nSPS) is 11.0. The van der Waals surface area contributed by atoms with Crippen molar-refractivity contribution in [2.75, 3.05) is 0 Å². The van der Waals surface area contributed by atoms with Crippen molar-refractivity contribution in [2.45, 2.75) is 20.0 Å². The molecule has 0 aliphatic heterocycles. The molecule has 0 amide bonds. The molecule has 1 aromatic carbocycles. The van der Waals surface area contributed by atoms with Crippen molar-refractivity contribution >= 4 is 11.6 Å². The van der Waals surface area contributed by atoms with E-state index in [0.717, 1.165) is 17.0 Å². The number of nitrogens with one attached hydrogen (secondary N) is 2. The van der Waals surface area contributed by atoms with Crippen molar-refractivity contribution < 1.29 is 4.39 Å². The average molecular weight is 321 g/mol. The molecule has 0 atom stereocenters. The third kappa shape index (κ3) is 3.15. The number of H-pyrrole nitrogens is 1. The highest BCUT2D eigenvalue weighted by atomic mass is 35.5. The molecule has 0 spiro atoms. The lowest BCUT2D eigenvalue weighted by Gasteiger charge is -2.03. The van der Waals surface area contributed by atoms with Crippen molar-refractivity contribution in [1.29, 1.82) is 0 Å². The second-order valence-electron chi connectivity index (χ2n) is 4.87. The average Bonchev–Trinajstić information content (AvgIpc) is 3.09. The van der Waals surface area contributed by atoms with E-state index in [0.29, 0.717) is 23.8 Å². The van der Waals surface area contributed by atoms with E-state index in [1.54, 1.807) is 18.5 Å². The lowest BCUT2D eigenvalue weighted by atomic mass is 10.2. The first kappa shape index (κ1) is 14.7. The molecule has 3 rings (SSSR count). The molecule has 2 aromatic heterocycles. The minimum Gasteiger partial charge on any atom is -0.307 e. The van der Waals surface area contributed by atoms with Gasteiger partial charge >= 0.3 is 0 Å². The van der Waals surface area contributed by atoms with E-state index in [-0.39, 0.29) is 5.82 Å². The second kappa shape index (κ2) is 6.25. The Kier molecular flexibility index (Phi) is 4.17. The zero-order valence-electron chi connectivity index (χ0n) is 11.8. The fraction of sp³-hybridized carbons (Fsp3) is 0.214. The molecule has 0 bridgehead atoms. The van der Waals surface area contributed by atoms with E-state index in [1.165, 1.54) is 16.8 Å². The Hall–Kier alpha value is -2.25. The lowest BCUT2D eigenvalue weighted by molar-refractivity contribution is 0.627.